The second-order valence-electron chi connectivity index (χ2n) is 9.85. The van der Waals surface area contributed by atoms with Crippen LogP contribution in [-0.2, 0) is 27.5 Å². The van der Waals surface area contributed by atoms with Crippen molar-refractivity contribution in [3.63, 3.8) is 0 Å². The molecule has 240 valence electrons. The summed E-state index contributed by atoms with van der Waals surface area (Å²) in [5.74, 6) is -1.34. The van der Waals surface area contributed by atoms with Gasteiger partial charge < -0.3 is 25.6 Å². The van der Waals surface area contributed by atoms with Crippen molar-refractivity contribution < 1.29 is 35.9 Å². The van der Waals surface area contributed by atoms with Gasteiger partial charge in [-0.05, 0) is 30.7 Å². The molecule has 4 rings (SSSR count). The van der Waals surface area contributed by atoms with E-state index in [9.17, 15) is 31.2 Å². The Labute approximate surface area is 256 Å². The first kappa shape index (κ1) is 32.9. The van der Waals surface area contributed by atoms with Gasteiger partial charge in [0.25, 0.3) is 5.91 Å². The van der Waals surface area contributed by atoms with Crippen LogP contribution in [0, 0.1) is 0 Å². The number of carbonyl (C=O) groups excluding carboxylic acids is 2. The minimum absolute atomic E-state index is 0.0554. The summed E-state index contributed by atoms with van der Waals surface area (Å²) in [6.45, 7) is 3.96. The Morgan fingerprint density at radius 2 is 1.96 bits per heavy atom. The Balaban J connectivity index is 1.53. The summed E-state index contributed by atoms with van der Waals surface area (Å²) < 4.78 is 71.7. The third-order valence-electron chi connectivity index (χ3n) is 6.79. The van der Waals surface area contributed by atoms with E-state index in [4.69, 9.17) is 4.74 Å². The van der Waals surface area contributed by atoms with Gasteiger partial charge in [0.15, 0.2) is 5.82 Å². The molecule has 1 aliphatic heterocycles. The summed E-state index contributed by atoms with van der Waals surface area (Å²) in [5.41, 5.74) is -0.608. The Bertz CT molecular complexity index is 1710. The van der Waals surface area contributed by atoms with Gasteiger partial charge in [-0.25, -0.2) is 18.4 Å². The average Bonchev–Trinajstić information content (AvgIpc) is 3.47. The third kappa shape index (κ3) is 7.94. The normalized spacial score (nSPS) is 14.9. The van der Waals surface area contributed by atoms with Crippen LogP contribution in [0.2, 0.25) is 0 Å². The predicted octanol–water partition coefficient (Wildman–Crippen LogP) is 2.56. The lowest BCUT2D eigenvalue weighted by Gasteiger charge is -2.19. The first-order valence-corrected chi connectivity index (χ1v) is 15.1. The molecule has 1 fully saturated rings. The molecule has 0 radical (unpaired) electrons. The molecule has 0 spiro atoms. The summed E-state index contributed by atoms with van der Waals surface area (Å²) in [5, 5.41) is 8.23. The van der Waals surface area contributed by atoms with Crippen LogP contribution in [0.4, 0.5) is 36.4 Å². The van der Waals surface area contributed by atoms with Crippen molar-refractivity contribution in [2.45, 2.75) is 25.2 Å². The monoisotopic (exact) mass is 649 g/mol. The minimum atomic E-state index is -4.82. The lowest BCUT2D eigenvalue weighted by molar-refractivity contribution is -0.137. The Morgan fingerprint density at radius 3 is 2.62 bits per heavy atom. The van der Waals surface area contributed by atoms with Crippen LogP contribution in [-0.4, -0.2) is 84.6 Å². The van der Waals surface area contributed by atoms with E-state index in [1.165, 1.54) is 50.8 Å². The van der Waals surface area contributed by atoms with Gasteiger partial charge in [0, 0.05) is 50.3 Å². The molecule has 0 aliphatic carbocycles. The van der Waals surface area contributed by atoms with Crippen molar-refractivity contribution in [1.82, 2.24) is 30.2 Å². The number of halogens is 3. The number of carbonyl (C=O) groups is 2. The van der Waals surface area contributed by atoms with E-state index in [1.54, 1.807) is 4.90 Å². The van der Waals surface area contributed by atoms with Gasteiger partial charge in [-0.15, -0.1) is 0 Å². The molecule has 1 aliphatic rings. The van der Waals surface area contributed by atoms with Crippen molar-refractivity contribution in [3.8, 4) is 5.75 Å². The topological polar surface area (TPSA) is 172 Å². The van der Waals surface area contributed by atoms with E-state index < -0.39 is 33.5 Å². The zero-order valence-electron chi connectivity index (χ0n) is 24.4. The molecular formula is C27H30F3N9O5S. The molecule has 1 atom stereocenters. The van der Waals surface area contributed by atoms with Gasteiger partial charge in [0.1, 0.15) is 22.8 Å². The van der Waals surface area contributed by atoms with E-state index in [0.717, 1.165) is 10.6 Å². The summed E-state index contributed by atoms with van der Waals surface area (Å²) in [6.07, 6.45) is 1.05. The maximum Gasteiger partial charge on any atom is 0.421 e. The van der Waals surface area contributed by atoms with E-state index in [2.05, 4.69) is 42.5 Å². The highest BCUT2D eigenvalue weighted by Gasteiger charge is 2.35. The molecular weight excluding hydrogens is 619 g/mol. The summed E-state index contributed by atoms with van der Waals surface area (Å²) in [6, 6.07) is 4.16. The first-order chi connectivity index (χ1) is 21.2. The first-order valence-electron chi connectivity index (χ1n) is 13.3. The van der Waals surface area contributed by atoms with Crippen LogP contribution in [0.25, 0.3) is 0 Å². The molecule has 2 aromatic heterocycles. The summed E-state index contributed by atoms with van der Waals surface area (Å²) >= 11 is 0. The lowest BCUT2D eigenvalue weighted by Crippen LogP contribution is -2.38. The largest absolute Gasteiger partial charge is 0.495 e. The second kappa shape index (κ2) is 13.3. The minimum Gasteiger partial charge on any atom is -0.495 e. The number of hydrogen-bond acceptors (Lipinski definition) is 11. The number of nitrogens with one attached hydrogen (secondary N) is 3. The van der Waals surface area contributed by atoms with E-state index >= 15 is 0 Å². The van der Waals surface area contributed by atoms with Gasteiger partial charge in [-0.2, -0.15) is 18.2 Å². The Kier molecular flexibility index (Phi) is 9.75. The molecule has 3 heterocycles. The van der Waals surface area contributed by atoms with Crippen molar-refractivity contribution >= 4 is 45.1 Å². The molecule has 14 nitrogen and oxygen atoms in total. The zero-order valence-corrected chi connectivity index (χ0v) is 25.2. The number of ether oxygens (including phenoxy) is 1. The van der Waals surface area contributed by atoms with Gasteiger partial charge in [0.05, 0.1) is 25.6 Å². The van der Waals surface area contributed by atoms with Crippen LogP contribution in [0.3, 0.4) is 0 Å². The van der Waals surface area contributed by atoms with Crippen molar-refractivity contribution in [2.75, 3.05) is 48.4 Å². The van der Waals surface area contributed by atoms with Crippen LogP contribution < -0.4 is 25.0 Å². The van der Waals surface area contributed by atoms with Crippen molar-refractivity contribution in [1.29, 1.82) is 0 Å². The van der Waals surface area contributed by atoms with E-state index in [-0.39, 0.29) is 53.0 Å². The number of anilines is 4. The molecule has 45 heavy (non-hydrogen) atoms. The Morgan fingerprint density at radius 1 is 1.22 bits per heavy atom. The zero-order chi connectivity index (χ0) is 32.9. The SMILES string of the molecule is C=CC(=O)N1CCC(NC(=O)c2ccc(Nc3ncc(C(F)(F)F)c(NCc4nccnc4N(C)S(C)(=O)=O)n3)c(OC)c2)C1. The molecule has 0 bridgehead atoms. The van der Waals surface area contributed by atoms with Crippen LogP contribution in [0.15, 0.2) is 49.4 Å². The molecule has 1 aromatic carbocycles. The molecule has 3 N–H and O–H groups in total. The number of alkyl halides is 3. The standard InChI is InChI=1S/C27H30F3N9O5S/c1-5-22(40)39-11-8-17(15-39)35-25(41)16-6-7-19(21(12-16)44-3)36-26-34-13-18(27(28,29)30)23(37-26)33-14-20-24(32-10-9-31-20)38(2)45(4,42)43/h5-7,9-10,12-13,17H,1,8,11,14-15H2,2-4H3,(H,35,41)(H2,33,34,36,37). The van der Waals surface area contributed by atoms with Gasteiger partial charge >= 0.3 is 6.18 Å². The highest BCUT2D eigenvalue weighted by Crippen LogP contribution is 2.35. The summed E-state index contributed by atoms with van der Waals surface area (Å²) in [7, 11) is -1.13. The fourth-order valence-corrected chi connectivity index (χ4v) is 4.85. The second-order valence-corrected chi connectivity index (χ2v) is 11.9. The lowest BCUT2D eigenvalue weighted by atomic mass is 10.1. The van der Waals surface area contributed by atoms with Crippen molar-refractivity contribution in [2.24, 2.45) is 0 Å². The fourth-order valence-electron chi connectivity index (χ4n) is 4.39. The van der Waals surface area contributed by atoms with E-state index in [0.29, 0.717) is 25.7 Å². The molecule has 0 saturated carbocycles. The number of methoxy groups -OCH3 is 1. The predicted molar refractivity (Wildman–Crippen MR) is 159 cm³/mol. The number of sulfonamides is 1. The number of rotatable bonds is 11. The number of benzene rings is 1. The molecule has 1 saturated heterocycles. The summed E-state index contributed by atoms with van der Waals surface area (Å²) in [4.78, 5) is 42.1. The number of hydrogen-bond donors (Lipinski definition) is 3. The van der Waals surface area contributed by atoms with Crippen LogP contribution in [0.1, 0.15) is 28.0 Å². The van der Waals surface area contributed by atoms with Crippen LogP contribution >= 0.6 is 0 Å². The number of likely N-dealkylation sites (tertiary alicyclic amines) is 1. The van der Waals surface area contributed by atoms with Gasteiger partial charge in [-0.3, -0.25) is 18.9 Å². The van der Waals surface area contributed by atoms with Gasteiger partial charge in [0.2, 0.25) is 21.9 Å². The molecule has 18 heteroatoms. The van der Waals surface area contributed by atoms with Gasteiger partial charge in [-0.1, -0.05) is 6.58 Å². The number of nitrogens with zero attached hydrogens (tertiary/aromatic N) is 6. The maximum atomic E-state index is 13.8. The highest BCUT2D eigenvalue weighted by atomic mass is 32.2. The quantitative estimate of drug-likeness (QED) is 0.261. The smallest absolute Gasteiger partial charge is 0.421 e. The maximum absolute atomic E-state index is 13.8. The third-order valence-corrected chi connectivity index (χ3v) is 7.95. The van der Waals surface area contributed by atoms with Crippen LogP contribution in [0.5, 0.6) is 5.75 Å². The molecule has 3 aromatic rings. The average molecular weight is 650 g/mol. The molecule has 1 unspecified atom stereocenters. The number of aromatic nitrogens is 4. The van der Waals surface area contributed by atoms with Crippen molar-refractivity contribution in [3.05, 3.63) is 66.3 Å². The Hall–Kier alpha value is -5.00. The molecule has 2 amide bonds. The number of amides is 2. The van der Waals surface area contributed by atoms with E-state index in [1.807, 2.05) is 0 Å². The fraction of sp³-hybridized carbons (Fsp3) is 0.333. The highest BCUT2D eigenvalue weighted by molar-refractivity contribution is 7.92.